The molecule has 3 aromatic carbocycles. The van der Waals surface area contributed by atoms with Gasteiger partial charge in [-0.15, -0.1) is 0 Å². The van der Waals surface area contributed by atoms with Crippen LogP contribution in [-0.4, -0.2) is 38.7 Å². The van der Waals surface area contributed by atoms with Gasteiger partial charge in [0.05, 0.1) is 42.3 Å². The first-order valence-electron chi connectivity index (χ1n) is 13.8. The van der Waals surface area contributed by atoms with Gasteiger partial charge in [-0.3, -0.25) is 4.18 Å². The lowest BCUT2D eigenvalue weighted by Gasteiger charge is -2.21. The van der Waals surface area contributed by atoms with E-state index in [9.17, 15) is 26.0 Å². The number of aryl methyl sites for hydroxylation is 2. The minimum Gasteiger partial charge on any atom is -0.493 e. The fourth-order valence-electron chi connectivity index (χ4n) is 4.73. The maximum atomic E-state index is 14.9. The molecule has 0 bridgehead atoms. The molecular formula is C31H31F4N3O5S. The number of fused-ring (bicyclic) bond motifs is 1. The van der Waals surface area contributed by atoms with Crippen molar-refractivity contribution in [1.29, 1.82) is 0 Å². The molecule has 1 aromatic heterocycles. The average Bonchev–Trinajstić information content (AvgIpc) is 3.74. The first-order chi connectivity index (χ1) is 20.7. The van der Waals surface area contributed by atoms with Crippen molar-refractivity contribution >= 4 is 26.8 Å². The molecule has 5 rings (SSSR count). The molecule has 0 spiro atoms. The third kappa shape index (κ3) is 6.73. The molecule has 0 aliphatic heterocycles. The van der Waals surface area contributed by atoms with E-state index in [0.29, 0.717) is 47.1 Å². The molecule has 234 valence electrons. The molecule has 1 aliphatic rings. The lowest BCUT2D eigenvalue weighted by Crippen LogP contribution is -2.22. The van der Waals surface area contributed by atoms with Crippen LogP contribution in [0.25, 0.3) is 10.9 Å². The highest BCUT2D eigenvalue weighted by Gasteiger charge is 2.45. The largest absolute Gasteiger partial charge is 0.493 e. The van der Waals surface area contributed by atoms with Crippen LogP contribution in [-0.2, 0) is 20.5 Å². The van der Waals surface area contributed by atoms with Crippen molar-refractivity contribution in [2.75, 3.05) is 25.6 Å². The Balaban J connectivity index is 1.37. The summed E-state index contributed by atoms with van der Waals surface area (Å²) in [4.78, 5) is 8.95. The molecule has 44 heavy (non-hydrogen) atoms. The second-order valence-corrected chi connectivity index (χ2v) is 12.6. The molecule has 1 saturated carbocycles. The van der Waals surface area contributed by atoms with Crippen LogP contribution in [0.3, 0.4) is 0 Å². The minimum absolute atomic E-state index is 0.0612. The van der Waals surface area contributed by atoms with Crippen LogP contribution < -0.4 is 14.8 Å². The van der Waals surface area contributed by atoms with Crippen LogP contribution in [0.5, 0.6) is 11.5 Å². The Labute approximate surface area is 252 Å². The van der Waals surface area contributed by atoms with E-state index in [1.165, 1.54) is 32.2 Å². The third-order valence-electron chi connectivity index (χ3n) is 7.57. The number of anilines is 1. The first kappa shape index (κ1) is 31.5. The van der Waals surface area contributed by atoms with Gasteiger partial charge in [-0.05, 0) is 57.9 Å². The number of nitrogens with zero attached hydrogens (tertiary/aromatic N) is 2. The Hall–Kier alpha value is -3.97. The Morgan fingerprint density at radius 3 is 2.34 bits per heavy atom. The number of rotatable bonds is 11. The number of alkyl halides is 3. The van der Waals surface area contributed by atoms with E-state index in [0.717, 1.165) is 11.6 Å². The monoisotopic (exact) mass is 633 g/mol. The number of hydrogen-bond acceptors (Lipinski definition) is 8. The summed E-state index contributed by atoms with van der Waals surface area (Å²) in [6.45, 7) is 5.12. The normalized spacial score (nSPS) is 15.2. The van der Waals surface area contributed by atoms with Crippen LogP contribution in [0, 0.1) is 25.1 Å². The van der Waals surface area contributed by atoms with Gasteiger partial charge in [0.25, 0.3) is 10.1 Å². The molecular weight excluding hydrogens is 602 g/mol. The van der Waals surface area contributed by atoms with E-state index in [-0.39, 0.29) is 29.5 Å². The molecule has 0 amide bonds. The van der Waals surface area contributed by atoms with E-state index in [1.54, 1.807) is 31.2 Å². The fourth-order valence-corrected chi connectivity index (χ4v) is 5.75. The molecule has 1 fully saturated rings. The average molecular weight is 634 g/mol. The van der Waals surface area contributed by atoms with Crippen LogP contribution in [0.15, 0.2) is 59.5 Å². The van der Waals surface area contributed by atoms with Crippen LogP contribution >= 0.6 is 0 Å². The first-order valence-corrected chi connectivity index (χ1v) is 15.2. The predicted molar refractivity (Wildman–Crippen MR) is 156 cm³/mol. The number of aromatic nitrogens is 2. The highest BCUT2D eigenvalue weighted by molar-refractivity contribution is 7.86. The summed E-state index contributed by atoms with van der Waals surface area (Å²) in [6, 6.07) is 11.9. The maximum absolute atomic E-state index is 14.9. The van der Waals surface area contributed by atoms with Crippen molar-refractivity contribution in [2.45, 2.75) is 50.7 Å². The van der Waals surface area contributed by atoms with Gasteiger partial charge in [-0.25, -0.2) is 14.4 Å². The van der Waals surface area contributed by atoms with Gasteiger partial charge in [0.2, 0.25) is 0 Å². The molecule has 13 heteroatoms. The molecule has 8 nitrogen and oxygen atoms in total. The summed E-state index contributed by atoms with van der Waals surface area (Å²) in [5, 5.41) is 3.49. The van der Waals surface area contributed by atoms with E-state index in [1.807, 2.05) is 6.92 Å². The Bertz CT molecular complexity index is 1790. The number of nitrogens with one attached hydrogen (secondary N) is 1. The molecule has 0 unspecified atom stereocenters. The number of methoxy groups -OCH3 is 1. The van der Waals surface area contributed by atoms with Crippen LogP contribution in [0.4, 0.5) is 23.4 Å². The molecule has 0 radical (unpaired) electrons. The van der Waals surface area contributed by atoms with E-state index < -0.39 is 39.1 Å². The summed E-state index contributed by atoms with van der Waals surface area (Å²) in [5.74, 6) is -0.0417. The second-order valence-electron chi connectivity index (χ2n) is 11.0. The molecule has 1 atom stereocenters. The lowest BCUT2D eigenvalue weighted by molar-refractivity contribution is -0.140. The van der Waals surface area contributed by atoms with Gasteiger partial charge in [-0.1, -0.05) is 29.8 Å². The summed E-state index contributed by atoms with van der Waals surface area (Å²) in [7, 11) is -2.49. The van der Waals surface area contributed by atoms with Crippen molar-refractivity contribution in [2.24, 2.45) is 5.41 Å². The van der Waals surface area contributed by atoms with Crippen molar-refractivity contribution in [3.8, 4) is 11.5 Å². The zero-order valence-corrected chi connectivity index (χ0v) is 25.3. The predicted octanol–water partition coefficient (Wildman–Crippen LogP) is 7.15. The number of benzene rings is 3. The highest BCUT2D eigenvalue weighted by Crippen LogP contribution is 2.47. The quantitative estimate of drug-likeness (QED) is 0.137. The summed E-state index contributed by atoms with van der Waals surface area (Å²) < 4.78 is 97.2. The molecule has 1 aliphatic carbocycles. The molecule has 4 aromatic rings. The van der Waals surface area contributed by atoms with Crippen molar-refractivity contribution in [3.05, 3.63) is 82.9 Å². The minimum atomic E-state index is -4.84. The Kier molecular flexibility index (Phi) is 8.47. The van der Waals surface area contributed by atoms with E-state index >= 15 is 0 Å². The van der Waals surface area contributed by atoms with Crippen molar-refractivity contribution in [3.63, 3.8) is 0 Å². The van der Waals surface area contributed by atoms with E-state index in [4.69, 9.17) is 13.7 Å². The van der Waals surface area contributed by atoms with Gasteiger partial charge in [0.15, 0.2) is 11.5 Å². The Morgan fingerprint density at radius 1 is 1.00 bits per heavy atom. The van der Waals surface area contributed by atoms with Crippen LogP contribution in [0.2, 0.25) is 0 Å². The smallest absolute Gasteiger partial charge is 0.419 e. The summed E-state index contributed by atoms with van der Waals surface area (Å²) in [5.41, 5.74) is -0.646. The molecule has 1 heterocycles. The van der Waals surface area contributed by atoms with Crippen LogP contribution in [0.1, 0.15) is 48.3 Å². The van der Waals surface area contributed by atoms with E-state index in [2.05, 4.69) is 15.3 Å². The topological polar surface area (TPSA) is 99.6 Å². The molecule has 0 saturated heterocycles. The third-order valence-corrected chi connectivity index (χ3v) is 8.85. The molecule has 1 N–H and O–H groups in total. The van der Waals surface area contributed by atoms with Gasteiger partial charge in [0, 0.05) is 22.4 Å². The number of ether oxygens (including phenoxy) is 2. The number of halogens is 4. The maximum Gasteiger partial charge on any atom is 0.419 e. The summed E-state index contributed by atoms with van der Waals surface area (Å²) in [6.07, 6.45) is -3.45. The fraction of sp³-hybridized carbons (Fsp3) is 0.355. The van der Waals surface area contributed by atoms with Gasteiger partial charge in [0.1, 0.15) is 17.5 Å². The zero-order chi connectivity index (χ0) is 31.9. The van der Waals surface area contributed by atoms with Gasteiger partial charge >= 0.3 is 6.18 Å². The van der Waals surface area contributed by atoms with Crippen molar-refractivity contribution < 1.29 is 39.6 Å². The van der Waals surface area contributed by atoms with Gasteiger partial charge in [-0.2, -0.15) is 21.6 Å². The number of hydrogen-bond donors (Lipinski definition) is 1. The zero-order valence-electron chi connectivity index (χ0n) is 24.5. The second kappa shape index (κ2) is 11.8. The lowest BCUT2D eigenvalue weighted by atomic mass is 10.0. The standard InChI is InChI=1S/C31H31F4N3O5S/c1-18-8-10-21(11-9-18)44(39,40)43-17-30(12-13-30)16-42-27-14-23-25(15-26(27)41-4)37-20(3)38-29(23)36-19(2)22-6-5-7-24(28(22)32)31(33,34)35/h5-11,14-15,19H,12-13,16-17H2,1-4H3,(H,36,37,38)/t19-/m1/s1. The highest BCUT2D eigenvalue weighted by atomic mass is 32.2. The SMILES string of the molecule is COc1cc2nc(C)nc(N[C@H](C)c3cccc(C(F)(F)F)c3F)c2cc1OCC1(COS(=O)(=O)c2ccc(C)cc2)CC1. The Morgan fingerprint density at radius 2 is 1.70 bits per heavy atom. The van der Waals surface area contributed by atoms with Gasteiger partial charge < -0.3 is 14.8 Å². The van der Waals surface area contributed by atoms with Crippen molar-refractivity contribution in [1.82, 2.24) is 9.97 Å². The summed E-state index contributed by atoms with van der Waals surface area (Å²) >= 11 is 0.